The summed E-state index contributed by atoms with van der Waals surface area (Å²) in [4.78, 5) is 0. The molecule has 0 aromatic carbocycles. The summed E-state index contributed by atoms with van der Waals surface area (Å²) in [5.74, 6) is 4.22. The van der Waals surface area contributed by atoms with E-state index in [1.54, 1.807) is 6.42 Å². The normalized spacial score (nSPS) is 41.6. The molecule has 2 unspecified atom stereocenters. The van der Waals surface area contributed by atoms with Crippen LogP contribution in [0, 0.1) is 17.8 Å². The van der Waals surface area contributed by atoms with Crippen LogP contribution < -0.4 is 0 Å². The summed E-state index contributed by atoms with van der Waals surface area (Å²) in [5, 5.41) is 0. The van der Waals surface area contributed by atoms with E-state index in [1.807, 2.05) is 5.92 Å². The van der Waals surface area contributed by atoms with E-state index in [4.69, 9.17) is 0 Å². The highest BCUT2D eigenvalue weighted by atomic mass is 14.7. The van der Waals surface area contributed by atoms with Gasteiger partial charge in [0.25, 0.3) is 0 Å². The van der Waals surface area contributed by atoms with Crippen LogP contribution in [0.3, 0.4) is 0 Å². The van der Waals surface area contributed by atoms with Crippen molar-refractivity contribution in [3.05, 3.63) is 5.92 Å². The predicted molar refractivity (Wildman–Crippen MR) is 34.4 cm³/mol. The Kier molecular flexibility index (Phi) is 0.902. The standard InChI is InChI=1S/C8H13/c1-2-3-4-6-7-5-8(6)7/h7-8H,2-5H2,1H3. The molecular weight excluding hydrogens is 96.1 g/mol. The molecule has 8 heavy (non-hydrogen) atoms. The summed E-state index contributed by atoms with van der Waals surface area (Å²) in [6.07, 6.45) is 5.84. The fourth-order valence-corrected chi connectivity index (χ4v) is 1.53. The van der Waals surface area contributed by atoms with Crippen LogP contribution in [0.2, 0.25) is 0 Å². The lowest BCUT2D eigenvalue weighted by molar-refractivity contribution is 0.711. The molecule has 0 amide bonds. The molecule has 0 heterocycles. The van der Waals surface area contributed by atoms with Gasteiger partial charge in [-0.15, -0.1) is 0 Å². The summed E-state index contributed by atoms with van der Waals surface area (Å²) in [6, 6.07) is 0. The monoisotopic (exact) mass is 109 g/mol. The molecule has 0 heteroatoms. The van der Waals surface area contributed by atoms with Gasteiger partial charge in [-0.05, 0) is 30.6 Å². The average Bonchev–Trinajstić information content (AvgIpc) is 2.50. The summed E-state index contributed by atoms with van der Waals surface area (Å²) < 4.78 is 0. The van der Waals surface area contributed by atoms with Crippen molar-refractivity contribution >= 4 is 0 Å². The highest BCUT2D eigenvalue weighted by Gasteiger charge is 2.63. The second kappa shape index (κ2) is 1.49. The minimum absolute atomic E-state index is 1.15. The van der Waals surface area contributed by atoms with Gasteiger partial charge in [0.2, 0.25) is 0 Å². The Morgan fingerprint density at radius 1 is 1.50 bits per heavy atom. The van der Waals surface area contributed by atoms with E-state index in [0.29, 0.717) is 0 Å². The largest absolute Gasteiger partial charge is 0.0654 e. The Hall–Kier alpha value is 0. The third kappa shape index (κ3) is 0.586. The Bertz CT molecular complexity index is 88.2. The van der Waals surface area contributed by atoms with Crippen molar-refractivity contribution in [1.29, 1.82) is 0 Å². The number of hydrogen-bond donors (Lipinski definition) is 0. The molecule has 2 atom stereocenters. The number of fused-ring (bicyclic) bond motifs is 1. The van der Waals surface area contributed by atoms with Crippen LogP contribution in [0.15, 0.2) is 0 Å². The molecule has 45 valence electrons. The second-order valence-corrected chi connectivity index (χ2v) is 3.13. The maximum atomic E-state index is 2.27. The molecule has 0 saturated heterocycles. The summed E-state index contributed by atoms with van der Waals surface area (Å²) in [6.45, 7) is 2.27. The first-order valence-electron chi connectivity index (χ1n) is 3.79. The van der Waals surface area contributed by atoms with E-state index in [2.05, 4.69) is 6.92 Å². The van der Waals surface area contributed by atoms with Crippen LogP contribution in [-0.4, -0.2) is 0 Å². The maximum Gasteiger partial charge on any atom is -0.0173 e. The number of rotatable bonds is 3. The van der Waals surface area contributed by atoms with Crippen LogP contribution in [-0.2, 0) is 0 Å². The zero-order chi connectivity index (χ0) is 5.56. The minimum atomic E-state index is 1.15. The molecule has 2 saturated carbocycles. The van der Waals surface area contributed by atoms with Gasteiger partial charge < -0.3 is 0 Å². The predicted octanol–water partition coefficient (Wildman–Crippen LogP) is 2.40. The SMILES string of the molecule is CCCC[C]1C2CC12. The van der Waals surface area contributed by atoms with Crippen LogP contribution >= 0.6 is 0 Å². The average molecular weight is 109 g/mol. The van der Waals surface area contributed by atoms with Crippen molar-refractivity contribution in [2.24, 2.45) is 11.8 Å². The summed E-state index contributed by atoms with van der Waals surface area (Å²) in [7, 11) is 0. The molecule has 2 aliphatic rings. The first-order chi connectivity index (χ1) is 3.93. The molecule has 0 nitrogen and oxygen atoms in total. The summed E-state index contributed by atoms with van der Waals surface area (Å²) >= 11 is 0. The molecule has 0 aliphatic heterocycles. The molecule has 0 bridgehead atoms. The third-order valence-corrected chi connectivity index (χ3v) is 2.45. The lowest BCUT2D eigenvalue weighted by Gasteiger charge is -1.97. The molecule has 1 radical (unpaired) electrons. The first kappa shape index (κ1) is 4.84. The Morgan fingerprint density at radius 3 is 2.62 bits per heavy atom. The van der Waals surface area contributed by atoms with Gasteiger partial charge in [0, 0.05) is 0 Å². The van der Waals surface area contributed by atoms with Crippen molar-refractivity contribution in [1.82, 2.24) is 0 Å². The highest BCUT2D eigenvalue weighted by molar-refractivity contribution is 5.33. The van der Waals surface area contributed by atoms with E-state index in [0.717, 1.165) is 11.8 Å². The van der Waals surface area contributed by atoms with Gasteiger partial charge in [-0.3, -0.25) is 0 Å². The second-order valence-electron chi connectivity index (χ2n) is 3.13. The molecule has 2 aliphatic carbocycles. The van der Waals surface area contributed by atoms with Crippen LogP contribution in [0.1, 0.15) is 32.6 Å². The molecule has 0 aromatic heterocycles. The van der Waals surface area contributed by atoms with Gasteiger partial charge in [0.15, 0.2) is 0 Å². The van der Waals surface area contributed by atoms with E-state index in [9.17, 15) is 0 Å². The van der Waals surface area contributed by atoms with E-state index >= 15 is 0 Å². The Morgan fingerprint density at radius 2 is 2.25 bits per heavy atom. The van der Waals surface area contributed by atoms with Gasteiger partial charge in [-0.2, -0.15) is 0 Å². The zero-order valence-electron chi connectivity index (χ0n) is 5.48. The zero-order valence-corrected chi connectivity index (χ0v) is 5.48. The van der Waals surface area contributed by atoms with Crippen molar-refractivity contribution in [3.8, 4) is 0 Å². The summed E-state index contributed by atoms with van der Waals surface area (Å²) in [5.41, 5.74) is 0. The van der Waals surface area contributed by atoms with Gasteiger partial charge in [0.1, 0.15) is 0 Å². The van der Waals surface area contributed by atoms with Crippen LogP contribution in [0.25, 0.3) is 0 Å². The molecular formula is C8H13. The molecule has 2 rings (SSSR count). The first-order valence-corrected chi connectivity index (χ1v) is 3.79. The van der Waals surface area contributed by atoms with Gasteiger partial charge in [0.05, 0.1) is 0 Å². The highest BCUT2D eigenvalue weighted by Crippen LogP contribution is 2.71. The Balaban J connectivity index is 1.59. The Labute approximate surface area is 51.3 Å². The fourth-order valence-electron chi connectivity index (χ4n) is 1.53. The van der Waals surface area contributed by atoms with Crippen molar-refractivity contribution < 1.29 is 0 Å². The molecule has 0 spiro atoms. The van der Waals surface area contributed by atoms with Gasteiger partial charge in [-0.25, -0.2) is 0 Å². The van der Waals surface area contributed by atoms with Gasteiger partial charge >= 0.3 is 0 Å². The van der Waals surface area contributed by atoms with E-state index in [-0.39, 0.29) is 0 Å². The van der Waals surface area contributed by atoms with Crippen LogP contribution in [0.4, 0.5) is 0 Å². The smallest absolute Gasteiger partial charge is 0.0173 e. The van der Waals surface area contributed by atoms with E-state index in [1.165, 1.54) is 19.3 Å². The molecule has 0 N–H and O–H groups in total. The number of unbranched alkanes of at least 4 members (excludes halogenated alkanes) is 1. The van der Waals surface area contributed by atoms with Crippen molar-refractivity contribution in [2.45, 2.75) is 32.6 Å². The van der Waals surface area contributed by atoms with E-state index < -0.39 is 0 Å². The van der Waals surface area contributed by atoms with Gasteiger partial charge in [-0.1, -0.05) is 19.8 Å². The topological polar surface area (TPSA) is 0 Å². The lowest BCUT2D eigenvalue weighted by Crippen LogP contribution is -1.84. The minimum Gasteiger partial charge on any atom is -0.0654 e. The fraction of sp³-hybridized carbons (Fsp3) is 0.875. The molecule has 0 aromatic rings. The van der Waals surface area contributed by atoms with Crippen molar-refractivity contribution in [2.75, 3.05) is 0 Å². The third-order valence-electron chi connectivity index (χ3n) is 2.45. The quantitative estimate of drug-likeness (QED) is 0.522. The maximum absolute atomic E-state index is 2.27. The van der Waals surface area contributed by atoms with Crippen LogP contribution in [0.5, 0.6) is 0 Å². The van der Waals surface area contributed by atoms with Crippen molar-refractivity contribution in [3.63, 3.8) is 0 Å². The lowest BCUT2D eigenvalue weighted by atomic mass is 10.1. The number of hydrogen-bond acceptors (Lipinski definition) is 0. The molecule has 2 fully saturated rings.